The molecule has 1 heterocycles. The number of nitrogens with two attached hydrogens (primary N) is 1. The Morgan fingerprint density at radius 2 is 1.95 bits per heavy atom. The molecule has 0 unspecified atom stereocenters. The van der Waals surface area contributed by atoms with Crippen molar-refractivity contribution in [3.63, 3.8) is 0 Å². The Bertz CT molecular complexity index is 818. The minimum Gasteiger partial charge on any atom is -0.398 e. The minimum absolute atomic E-state index is 0.241. The maximum Gasteiger partial charge on any atom is 0.143 e. The Balaban J connectivity index is 2.40. The lowest BCUT2D eigenvalue weighted by Crippen LogP contribution is -2.05. The van der Waals surface area contributed by atoms with E-state index in [1.807, 2.05) is 30.3 Å². The minimum atomic E-state index is 0.241. The van der Waals surface area contributed by atoms with E-state index in [9.17, 15) is 0 Å². The lowest BCUT2D eigenvalue weighted by Gasteiger charge is -2.15. The molecule has 108 valence electrons. The van der Waals surface area contributed by atoms with Crippen molar-refractivity contribution in [1.82, 2.24) is 9.55 Å². The van der Waals surface area contributed by atoms with E-state index in [2.05, 4.69) is 31.4 Å². The van der Waals surface area contributed by atoms with Gasteiger partial charge in [-0.05, 0) is 45.0 Å². The molecular formula is C17H18ClN3. The van der Waals surface area contributed by atoms with Gasteiger partial charge in [0.15, 0.2) is 0 Å². The lowest BCUT2D eigenvalue weighted by atomic mass is 10.1. The van der Waals surface area contributed by atoms with E-state index in [0.29, 0.717) is 5.02 Å². The van der Waals surface area contributed by atoms with Crippen LogP contribution in [0.4, 0.5) is 5.69 Å². The zero-order valence-corrected chi connectivity index (χ0v) is 13.1. The molecule has 2 N–H and O–H groups in total. The lowest BCUT2D eigenvalue weighted by molar-refractivity contribution is 0.624. The van der Waals surface area contributed by atoms with E-state index in [0.717, 1.165) is 33.7 Å². The first-order valence-corrected chi connectivity index (χ1v) is 7.39. The van der Waals surface area contributed by atoms with Gasteiger partial charge < -0.3 is 10.3 Å². The molecule has 21 heavy (non-hydrogen) atoms. The molecule has 4 heteroatoms. The summed E-state index contributed by atoms with van der Waals surface area (Å²) in [7, 11) is 0. The molecule has 0 spiro atoms. The zero-order chi connectivity index (χ0) is 15.1. The molecule has 0 bridgehead atoms. The van der Waals surface area contributed by atoms with Crippen LogP contribution in [0.25, 0.3) is 22.4 Å². The molecule has 0 saturated heterocycles. The van der Waals surface area contributed by atoms with Crippen molar-refractivity contribution in [3.8, 4) is 11.4 Å². The quantitative estimate of drug-likeness (QED) is 0.689. The Morgan fingerprint density at radius 3 is 2.67 bits per heavy atom. The topological polar surface area (TPSA) is 43.8 Å². The number of nitrogens with zero attached hydrogens (tertiary/aromatic N) is 2. The second-order valence-electron chi connectivity index (χ2n) is 5.60. The fourth-order valence-electron chi connectivity index (χ4n) is 2.66. The Morgan fingerprint density at radius 1 is 1.19 bits per heavy atom. The average Bonchev–Trinajstić information content (AvgIpc) is 2.82. The van der Waals surface area contributed by atoms with Crippen molar-refractivity contribution in [2.45, 2.75) is 26.8 Å². The van der Waals surface area contributed by atoms with Crippen molar-refractivity contribution >= 4 is 28.3 Å². The number of nitrogen functional groups attached to an aromatic ring is 1. The van der Waals surface area contributed by atoms with E-state index >= 15 is 0 Å². The zero-order valence-electron chi connectivity index (χ0n) is 12.4. The molecule has 1 aromatic heterocycles. The highest BCUT2D eigenvalue weighted by atomic mass is 35.5. The fourth-order valence-corrected chi connectivity index (χ4v) is 2.92. The van der Waals surface area contributed by atoms with E-state index in [-0.39, 0.29) is 6.04 Å². The summed E-state index contributed by atoms with van der Waals surface area (Å²) in [6.07, 6.45) is 0. The standard InChI is InChI=1S/C17H18ClN3/c1-10(2)21-16-13(18)5-4-6-15(16)20-17(21)12-9-11(3)7-8-14(12)19/h4-10H,19H2,1-3H3. The largest absolute Gasteiger partial charge is 0.398 e. The van der Waals surface area contributed by atoms with Gasteiger partial charge in [0.05, 0.1) is 16.1 Å². The summed E-state index contributed by atoms with van der Waals surface area (Å²) >= 11 is 6.39. The molecule has 3 aromatic rings. The third kappa shape index (κ3) is 2.28. The normalized spacial score (nSPS) is 11.5. The van der Waals surface area contributed by atoms with Crippen LogP contribution in [0.2, 0.25) is 5.02 Å². The van der Waals surface area contributed by atoms with Crippen molar-refractivity contribution in [2.24, 2.45) is 0 Å². The molecular weight excluding hydrogens is 282 g/mol. The van der Waals surface area contributed by atoms with Gasteiger partial charge >= 0.3 is 0 Å². The van der Waals surface area contributed by atoms with Gasteiger partial charge in [0.1, 0.15) is 5.82 Å². The van der Waals surface area contributed by atoms with Crippen LogP contribution in [0.3, 0.4) is 0 Å². The number of imidazole rings is 1. The van der Waals surface area contributed by atoms with Crippen LogP contribution in [0.5, 0.6) is 0 Å². The van der Waals surface area contributed by atoms with Gasteiger partial charge in [-0.15, -0.1) is 0 Å². The Hall–Kier alpha value is -2.00. The van der Waals surface area contributed by atoms with Crippen molar-refractivity contribution in [3.05, 3.63) is 47.0 Å². The smallest absolute Gasteiger partial charge is 0.143 e. The van der Waals surface area contributed by atoms with Crippen LogP contribution < -0.4 is 5.73 Å². The third-order valence-corrected chi connectivity index (χ3v) is 3.93. The molecule has 0 fully saturated rings. The van der Waals surface area contributed by atoms with E-state index in [1.54, 1.807) is 0 Å². The van der Waals surface area contributed by atoms with Gasteiger partial charge in [0.25, 0.3) is 0 Å². The highest BCUT2D eigenvalue weighted by Gasteiger charge is 2.18. The number of hydrogen-bond acceptors (Lipinski definition) is 2. The number of hydrogen-bond donors (Lipinski definition) is 1. The molecule has 3 nitrogen and oxygen atoms in total. The molecule has 0 aliphatic rings. The predicted molar refractivity (Wildman–Crippen MR) is 89.7 cm³/mol. The summed E-state index contributed by atoms with van der Waals surface area (Å²) < 4.78 is 2.16. The van der Waals surface area contributed by atoms with Gasteiger partial charge in [0.2, 0.25) is 0 Å². The number of para-hydroxylation sites is 1. The predicted octanol–water partition coefficient (Wildman–Crippen LogP) is 4.83. The molecule has 3 rings (SSSR count). The van der Waals surface area contributed by atoms with Gasteiger partial charge in [-0.2, -0.15) is 0 Å². The van der Waals surface area contributed by atoms with Crippen molar-refractivity contribution in [2.75, 3.05) is 5.73 Å². The number of rotatable bonds is 2. The number of benzene rings is 2. The molecule has 0 radical (unpaired) electrons. The second-order valence-corrected chi connectivity index (χ2v) is 6.00. The van der Waals surface area contributed by atoms with Crippen LogP contribution in [0.1, 0.15) is 25.5 Å². The van der Waals surface area contributed by atoms with Crippen LogP contribution in [0.15, 0.2) is 36.4 Å². The molecule has 0 atom stereocenters. The van der Waals surface area contributed by atoms with E-state index in [4.69, 9.17) is 22.3 Å². The number of anilines is 1. The molecule has 0 aliphatic heterocycles. The molecule has 2 aromatic carbocycles. The first-order valence-electron chi connectivity index (χ1n) is 7.02. The SMILES string of the molecule is Cc1ccc(N)c(-c2nc3cccc(Cl)c3n2C(C)C)c1. The average molecular weight is 300 g/mol. The van der Waals surface area contributed by atoms with Crippen LogP contribution in [-0.2, 0) is 0 Å². The summed E-state index contributed by atoms with van der Waals surface area (Å²) in [6, 6.07) is 12.0. The number of aromatic nitrogens is 2. The molecule has 0 amide bonds. The van der Waals surface area contributed by atoms with Gasteiger partial charge in [0, 0.05) is 17.3 Å². The summed E-state index contributed by atoms with van der Waals surface area (Å²) in [6.45, 7) is 6.30. The van der Waals surface area contributed by atoms with Crippen LogP contribution >= 0.6 is 11.6 Å². The monoisotopic (exact) mass is 299 g/mol. The third-order valence-electron chi connectivity index (χ3n) is 3.63. The summed E-state index contributed by atoms with van der Waals surface area (Å²) in [5.41, 5.74) is 10.9. The Kier molecular flexibility index (Phi) is 3.38. The Labute approximate surface area is 129 Å². The molecule has 0 aliphatic carbocycles. The van der Waals surface area contributed by atoms with Gasteiger partial charge in [-0.25, -0.2) is 4.98 Å². The maximum absolute atomic E-state index is 6.39. The summed E-state index contributed by atoms with van der Waals surface area (Å²) in [5.74, 6) is 0.870. The van der Waals surface area contributed by atoms with Crippen molar-refractivity contribution in [1.29, 1.82) is 0 Å². The summed E-state index contributed by atoms with van der Waals surface area (Å²) in [4.78, 5) is 4.77. The first kappa shape index (κ1) is 14.0. The van der Waals surface area contributed by atoms with E-state index in [1.165, 1.54) is 0 Å². The van der Waals surface area contributed by atoms with Crippen LogP contribution in [-0.4, -0.2) is 9.55 Å². The first-order chi connectivity index (χ1) is 9.99. The highest BCUT2D eigenvalue weighted by molar-refractivity contribution is 6.35. The second kappa shape index (κ2) is 5.08. The number of halogens is 1. The van der Waals surface area contributed by atoms with E-state index < -0.39 is 0 Å². The van der Waals surface area contributed by atoms with Crippen molar-refractivity contribution < 1.29 is 0 Å². The molecule has 0 saturated carbocycles. The van der Waals surface area contributed by atoms with Crippen LogP contribution in [0, 0.1) is 6.92 Å². The van der Waals surface area contributed by atoms with Gasteiger partial charge in [-0.1, -0.05) is 29.3 Å². The number of aryl methyl sites for hydroxylation is 1. The van der Waals surface area contributed by atoms with Gasteiger partial charge in [-0.3, -0.25) is 0 Å². The highest BCUT2D eigenvalue weighted by Crippen LogP contribution is 2.34. The fraction of sp³-hybridized carbons (Fsp3) is 0.235. The number of fused-ring (bicyclic) bond motifs is 1. The summed E-state index contributed by atoms with van der Waals surface area (Å²) in [5, 5.41) is 0.714. The maximum atomic E-state index is 6.39.